The number of hydrogen-bond acceptors (Lipinski definition) is 7. The molecule has 2 heterocycles. The van der Waals surface area contributed by atoms with Gasteiger partial charge < -0.3 is 25.5 Å². The first-order chi connectivity index (χ1) is 18.0. The molecule has 2 fully saturated rings. The summed E-state index contributed by atoms with van der Waals surface area (Å²) in [6.45, 7) is 3.47. The minimum Gasteiger partial charge on any atom is -0.395 e. The van der Waals surface area contributed by atoms with Crippen LogP contribution in [-0.4, -0.2) is 59.2 Å². The van der Waals surface area contributed by atoms with E-state index >= 15 is 0 Å². The normalized spacial score (nSPS) is 18.4. The Morgan fingerprint density at radius 3 is 2.49 bits per heavy atom. The van der Waals surface area contributed by atoms with Gasteiger partial charge in [-0.15, -0.1) is 0 Å². The maximum absolute atomic E-state index is 14.8. The Kier molecular flexibility index (Phi) is 9.21. The van der Waals surface area contributed by atoms with Gasteiger partial charge in [0.15, 0.2) is 0 Å². The molecular weight excluding hydrogens is 482 g/mol. The molecule has 1 aliphatic carbocycles. The molecule has 0 bridgehead atoms. The highest BCUT2D eigenvalue weighted by molar-refractivity contribution is 5.89. The topological polar surface area (TPSA) is 112 Å². The summed E-state index contributed by atoms with van der Waals surface area (Å²) in [6, 6.07) is 1.46. The second-order valence-corrected chi connectivity index (χ2v) is 9.43. The Labute approximate surface area is 215 Å². The van der Waals surface area contributed by atoms with E-state index in [1.807, 2.05) is 12.4 Å². The lowest BCUT2D eigenvalue weighted by molar-refractivity contribution is 0.0406. The maximum Gasteiger partial charge on any atom is 0.319 e. The third-order valence-electron chi connectivity index (χ3n) is 6.89. The number of aliphatic hydroxyl groups excluding tert-OH is 1. The number of rotatable bonds is 8. The Balaban J connectivity index is 1.24. The molecule has 37 heavy (non-hydrogen) atoms. The fourth-order valence-electron chi connectivity index (χ4n) is 4.66. The fraction of sp³-hybridized carbons (Fsp3) is 0.538. The summed E-state index contributed by atoms with van der Waals surface area (Å²) in [5.74, 6) is -0.636. The number of carbonyl (C=O) groups is 1. The first kappa shape index (κ1) is 26.7. The largest absolute Gasteiger partial charge is 0.395 e. The maximum atomic E-state index is 14.8. The highest BCUT2D eigenvalue weighted by Crippen LogP contribution is 2.35. The number of nitrogens with one attached hydrogen (secondary N) is 2. The summed E-state index contributed by atoms with van der Waals surface area (Å²) in [4.78, 5) is 28.6. The van der Waals surface area contributed by atoms with Gasteiger partial charge in [0.05, 0.1) is 18.0 Å². The number of halogens is 2. The summed E-state index contributed by atoms with van der Waals surface area (Å²) >= 11 is 0. The lowest BCUT2D eigenvalue weighted by Gasteiger charge is -2.31. The van der Waals surface area contributed by atoms with Gasteiger partial charge in [0.1, 0.15) is 17.7 Å². The molecule has 1 aromatic carbocycles. The van der Waals surface area contributed by atoms with Gasteiger partial charge in [0, 0.05) is 50.9 Å². The van der Waals surface area contributed by atoms with Gasteiger partial charge >= 0.3 is 6.03 Å². The molecule has 1 saturated carbocycles. The second kappa shape index (κ2) is 12.8. The number of aromatic nitrogens is 2. The molecule has 2 aromatic rings. The minimum atomic E-state index is -0.705. The van der Waals surface area contributed by atoms with E-state index in [2.05, 4.69) is 37.6 Å². The third-order valence-corrected chi connectivity index (χ3v) is 6.89. The van der Waals surface area contributed by atoms with E-state index in [1.54, 1.807) is 0 Å². The molecule has 2 amide bonds. The third kappa shape index (κ3) is 7.12. The molecule has 0 atom stereocenters. The summed E-state index contributed by atoms with van der Waals surface area (Å²) in [5.41, 5.74) is 2.13. The van der Waals surface area contributed by atoms with E-state index in [0.29, 0.717) is 31.2 Å². The number of aliphatic hydroxyl groups is 1. The number of benzene rings is 1. The van der Waals surface area contributed by atoms with Crippen LogP contribution in [0.1, 0.15) is 62.5 Å². The van der Waals surface area contributed by atoms with Crippen LogP contribution in [0.3, 0.4) is 0 Å². The molecule has 1 aromatic heterocycles. The Hall–Kier alpha value is -3.34. The zero-order valence-corrected chi connectivity index (χ0v) is 21.1. The summed E-state index contributed by atoms with van der Waals surface area (Å²) < 4.78 is 29.3. The van der Waals surface area contributed by atoms with Crippen LogP contribution < -0.4 is 15.5 Å². The van der Waals surface area contributed by atoms with Gasteiger partial charge in [-0.1, -0.05) is 12.1 Å². The molecule has 2 aliphatic rings. The van der Waals surface area contributed by atoms with Crippen molar-refractivity contribution in [1.29, 1.82) is 0 Å². The molecule has 0 radical (unpaired) electrons. The zero-order valence-electron chi connectivity index (χ0n) is 21.1. The number of nitrogens with zero attached hydrogens (tertiary/aromatic N) is 4. The van der Waals surface area contributed by atoms with Crippen molar-refractivity contribution in [3.63, 3.8) is 0 Å². The van der Waals surface area contributed by atoms with Crippen molar-refractivity contribution in [2.75, 3.05) is 36.5 Å². The Morgan fingerprint density at radius 1 is 1.14 bits per heavy atom. The number of anilines is 2. The number of hydrogen-bond donors (Lipinski definition) is 3. The lowest BCUT2D eigenvalue weighted by Crippen LogP contribution is -2.37. The standard InChI is InChI=1S/C26H34F2N6O3/c1-2-17-15-30-25(31-16-17)34-10-7-20(8-11-34)37-33-19-5-3-18(4-6-19)21-13-23(28)24(14-22(21)27)32-26(36)29-9-12-35/h13-16,18,20,35H,2-12H2,1H3,(H2,29,32,36). The van der Waals surface area contributed by atoms with Gasteiger partial charge in [0.25, 0.3) is 0 Å². The van der Waals surface area contributed by atoms with Crippen LogP contribution in [-0.2, 0) is 11.3 Å². The number of carbonyl (C=O) groups excluding carboxylic acids is 1. The highest BCUT2D eigenvalue weighted by atomic mass is 19.1. The van der Waals surface area contributed by atoms with Crippen molar-refractivity contribution >= 4 is 23.4 Å². The van der Waals surface area contributed by atoms with Crippen molar-refractivity contribution < 1.29 is 23.5 Å². The van der Waals surface area contributed by atoms with Crippen molar-refractivity contribution in [3.05, 3.63) is 47.3 Å². The summed E-state index contributed by atoms with van der Waals surface area (Å²) in [5, 5.41) is 17.7. The van der Waals surface area contributed by atoms with E-state index in [0.717, 1.165) is 61.7 Å². The number of piperidine rings is 1. The van der Waals surface area contributed by atoms with Crippen LogP contribution in [0, 0.1) is 11.6 Å². The molecule has 9 nitrogen and oxygen atoms in total. The predicted octanol–water partition coefficient (Wildman–Crippen LogP) is 4.13. The predicted molar refractivity (Wildman–Crippen MR) is 137 cm³/mol. The van der Waals surface area contributed by atoms with Gasteiger partial charge in [-0.25, -0.2) is 23.5 Å². The number of urea groups is 1. The van der Waals surface area contributed by atoms with Crippen molar-refractivity contribution in [2.45, 2.75) is 63.9 Å². The van der Waals surface area contributed by atoms with Gasteiger partial charge in [-0.05, 0) is 55.2 Å². The molecule has 3 N–H and O–H groups in total. The summed E-state index contributed by atoms with van der Waals surface area (Å²) in [7, 11) is 0. The molecule has 0 unspecified atom stereocenters. The molecule has 4 rings (SSSR count). The summed E-state index contributed by atoms with van der Waals surface area (Å²) in [6.07, 6.45) is 8.98. The quantitative estimate of drug-likeness (QED) is 0.455. The number of amides is 2. The van der Waals surface area contributed by atoms with Crippen LogP contribution in [0.25, 0.3) is 0 Å². The Bertz CT molecular complexity index is 1080. The second-order valence-electron chi connectivity index (χ2n) is 9.43. The van der Waals surface area contributed by atoms with Gasteiger partial charge in [-0.3, -0.25) is 0 Å². The smallest absolute Gasteiger partial charge is 0.319 e. The van der Waals surface area contributed by atoms with Gasteiger partial charge in [-0.2, -0.15) is 0 Å². The molecule has 0 spiro atoms. The average Bonchev–Trinajstić information content (AvgIpc) is 2.93. The monoisotopic (exact) mass is 516 g/mol. The fourth-order valence-corrected chi connectivity index (χ4v) is 4.66. The van der Waals surface area contributed by atoms with Crippen molar-refractivity contribution in [3.8, 4) is 0 Å². The zero-order chi connectivity index (χ0) is 26.2. The molecule has 11 heteroatoms. The lowest BCUT2D eigenvalue weighted by atomic mass is 9.83. The molecular formula is C26H34F2N6O3. The molecule has 1 aliphatic heterocycles. The average molecular weight is 517 g/mol. The molecule has 1 saturated heterocycles. The van der Waals surface area contributed by atoms with Crippen LogP contribution in [0.15, 0.2) is 29.7 Å². The van der Waals surface area contributed by atoms with Crippen molar-refractivity contribution in [2.24, 2.45) is 5.16 Å². The Morgan fingerprint density at radius 2 is 1.84 bits per heavy atom. The SMILES string of the molecule is CCc1cnc(N2CCC(ON=C3CCC(c4cc(F)c(NC(=O)NCCO)cc4F)CC3)CC2)nc1. The molecule has 200 valence electrons. The van der Waals surface area contributed by atoms with Crippen LogP contribution >= 0.6 is 0 Å². The van der Waals surface area contributed by atoms with E-state index < -0.39 is 17.7 Å². The van der Waals surface area contributed by atoms with Gasteiger partial charge in [0.2, 0.25) is 5.95 Å². The van der Waals surface area contributed by atoms with E-state index in [9.17, 15) is 13.6 Å². The number of oxime groups is 1. The van der Waals surface area contributed by atoms with E-state index in [4.69, 9.17) is 9.94 Å². The van der Waals surface area contributed by atoms with Crippen LogP contribution in [0.5, 0.6) is 0 Å². The minimum absolute atomic E-state index is 0.0192. The van der Waals surface area contributed by atoms with Crippen LogP contribution in [0.4, 0.5) is 25.2 Å². The number of aryl methyl sites for hydroxylation is 1. The first-order valence-electron chi connectivity index (χ1n) is 12.9. The van der Waals surface area contributed by atoms with Crippen molar-refractivity contribution in [1.82, 2.24) is 15.3 Å². The van der Waals surface area contributed by atoms with E-state index in [1.165, 1.54) is 0 Å². The van der Waals surface area contributed by atoms with Crippen LogP contribution in [0.2, 0.25) is 0 Å². The van der Waals surface area contributed by atoms with E-state index in [-0.39, 0.29) is 30.9 Å². The first-order valence-corrected chi connectivity index (χ1v) is 12.9. The highest BCUT2D eigenvalue weighted by Gasteiger charge is 2.26.